The molecule has 1 unspecified atom stereocenters. The van der Waals surface area contributed by atoms with Crippen molar-refractivity contribution in [3.8, 4) is 0 Å². The molecule has 1 fully saturated rings. The Hall–Kier alpha value is -1.23. The molecular formula is C15H20F2N2S. The Morgan fingerprint density at radius 2 is 1.95 bits per heavy atom. The van der Waals surface area contributed by atoms with Gasteiger partial charge in [0.25, 0.3) is 0 Å². The summed E-state index contributed by atoms with van der Waals surface area (Å²) in [5.41, 5.74) is 5.81. The second-order valence-corrected chi connectivity index (χ2v) is 6.86. The van der Waals surface area contributed by atoms with Crippen molar-refractivity contribution in [3.63, 3.8) is 0 Å². The van der Waals surface area contributed by atoms with Gasteiger partial charge in [-0.05, 0) is 29.9 Å². The SMILES string of the molecule is CC(C)(C)C1CCN(c2ccc(C(N)=S)c(F)c2F)C1. The lowest BCUT2D eigenvalue weighted by molar-refractivity contribution is 0.263. The van der Waals surface area contributed by atoms with Crippen LogP contribution in [-0.4, -0.2) is 18.1 Å². The van der Waals surface area contributed by atoms with Gasteiger partial charge < -0.3 is 10.6 Å². The first-order valence-corrected chi connectivity index (χ1v) is 7.15. The zero-order valence-corrected chi connectivity index (χ0v) is 12.9. The van der Waals surface area contributed by atoms with Crippen LogP contribution in [0.5, 0.6) is 0 Å². The van der Waals surface area contributed by atoms with E-state index >= 15 is 0 Å². The molecule has 0 amide bonds. The van der Waals surface area contributed by atoms with Crippen molar-refractivity contribution in [2.75, 3.05) is 18.0 Å². The number of benzene rings is 1. The smallest absolute Gasteiger partial charge is 0.182 e. The van der Waals surface area contributed by atoms with E-state index in [4.69, 9.17) is 18.0 Å². The van der Waals surface area contributed by atoms with Crippen LogP contribution in [0.25, 0.3) is 0 Å². The average Bonchev–Trinajstić information content (AvgIpc) is 2.81. The molecule has 0 bridgehead atoms. The lowest BCUT2D eigenvalue weighted by Gasteiger charge is -2.27. The summed E-state index contributed by atoms with van der Waals surface area (Å²) in [4.78, 5) is 1.78. The highest BCUT2D eigenvalue weighted by molar-refractivity contribution is 7.80. The third-order valence-electron chi connectivity index (χ3n) is 4.08. The van der Waals surface area contributed by atoms with Crippen LogP contribution in [0.1, 0.15) is 32.8 Å². The molecule has 1 atom stereocenters. The molecule has 1 aliphatic rings. The molecule has 0 spiro atoms. The lowest BCUT2D eigenvalue weighted by Crippen LogP contribution is -2.27. The largest absolute Gasteiger partial charge is 0.389 e. The quantitative estimate of drug-likeness (QED) is 0.848. The molecule has 0 aliphatic carbocycles. The Bertz CT molecular complexity index is 537. The van der Waals surface area contributed by atoms with E-state index in [-0.39, 0.29) is 16.0 Å². The summed E-state index contributed by atoms with van der Waals surface area (Å²) in [5.74, 6) is -1.33. The number of hydrogen-bond donors (Lipinski definition) is 1. The molecule has 1 aromatic rings. The summed E-state index contributed by atoms with van der Waals surface area (Å²) >= 11 is 4.71. The summed E-state index contributed by atoms with van der Waals surface area (Å²) in [6, 6.07) is 3.03. The maximum absolute atomic E-state index is 14.2. The highest BCUT2D eigenvalue weighted by Gasteiger charge is 2.33. The Kier molecular flexibility index (Phi) is 4.00. The fourth-order valence-corrected chi connectivity index (χ4v) is 2.82. The van der Waals surface area contributed by atoms with Gasteiger partial charge in [-0.2, -0.15) is 0 Å². The van der Waals surface area contributed by atoms with Crippen LogP contribution in [0.15, 0.2) is 12.1 Å². The molecule has 0 radical (unpaired) electrons. The first-order chi connectivity index (χ1) is 9.21. The van der Waals surface area contributed by atoms with Gasteiger partial charge in [0, 0.05) is 18.7 Å². The van der Waals surface area contributed by atoms with Gasteiger partial charge in [-0.15, -0.1) is 0 Å². The number of hydrogen-bond acceptors (Lipinski definition) is 2. The van der Waals surface area contributed by atoms with Gasteiger partial charge in [0.1, 0.15) is 4.99 Å². The van der Waals surface area contributed by atoms with Crippen molar-refractivity contribution < 1.29 is 8.78 Å². The van der Waals surface area contributed by atoms with E-state index in [2.05, 4.69) is 20.8 Å². The van der Waals surface area contributed by atoms with Gasteiger partial charge in [0.05, 0.1) is 5.69 Å². The fourth-order valence-electron chi connectivity index (χ4n) is 2.66. The van der Waals surface area contributed by atoms with Gasteiger partial charge in [-0.25, -0.2) is 8.78 Å². The summed E-state index contributed by atoms with van der Waals surface area (Å²) in [7, 11) is 0. The Labute approximate surface area is 123 Å². The molecule has 1 saturated heterocycles. The first-order valence-electron chi connectivity index (χ1n) is 6.74. The van der Waals surface area contributed by atoms with Crippen molar-refractivity contribution in [1.29, 1.82) is 0 Å². The number of anilines is 1. The van der Waals surface area contributed by atoms with Gasteiger partial charge >= 0.3 is 0 Å². The Balaban J connectivity index is 2.28. The minimum absolute atomic E-state index is 0.0344. The number of thiocarbonyl (C=S) groups is 1. The van der Waals surface area contributed by atoms with Crippen LogP contribution in [0, 0.1) is 23.0 Å². The van der Waals surface area contributed by atoms with Crippen LogP contribution < -0.4 is 10.6 Å². The highest BCUT2D eigenvalue weighted by atomic mass is 32.1. The standard InChI is InChI=1S/C15H20F2N2S/c1-15(2,3)9-6-7-19(8-9)11-5-4-10(14(18)20)12(16)13(11)17/h4-5,9H,6-8H2,1-3H3,(H2,18,20). The second-order valence-electron chi connectivity index (χ2n) is 6.42. The van der Waals surface area contributed by atoms with E-state index in [1.54, 1.807) is 6.07 Å². The molecule has 0 saturated carbocycles. The van der Waals surface area contributed by atoms with E-state index < -0.39 is 11.6 Å². The maximum atomic E-state index is 14.2. The van der Waals surface area contributed by atoms with Gasteiger partial charge in [-0.3, -0.25) is 0 Å². The Morgan fingerprint density at radius 1 is 1.30 bits per heavy atom. The number of nitrogens with two attached hydrogens (primary N) is 1. The number of nitrogens with zero attached hydrogens (tertiary/aromatic N) is 1. The molecule has 20 heavy (non-hydrogen) atoms. The molecule has 2 N–H and O–H groups in total. The van der Waals surface area contributed by atoms with Crippen LogP contribution in [0.2, 0.25) is 0 Å². The Morgan fingerprint density at radius 3 is 2.45 bits per heavy atom. The van der Waals surface area contributed by atoms with Crippen molar-refractivity contribution in [2.45, 2.75) is 27.2 Å². The number of rotatable bonds is 2. The molecule has 1 aromatic carbocycles. The average molecular weight is 298 g/mol. The highest BCUT2D eigenvalue weighted by Crippen LogP contribution is 2.36. The predicted molar refractivity (Wildman–Crippen MR) is 82.0 cm³/mol. The van der Waals surface area contributed by atoms with Crippen LogP contribution in [-0.2, 0) is 0 Å². The van der Waals surface area contributed by atoms with E-state index in [9.17, 15) is 8.78 Å². The number of halogens is 2. The third-order valence-corrected chi connectivity index (χ3v) is 4.30. The van der Waals surface area contributed by atoms with Crippen LogP contribution in [0.4, 0.5) is 14.5 Å². The maximum Gasteiger partial charge on any atom is 0.182 e. The first kappa shape index (κ1) is 15.2. The van der Waals surface area contributed by atoms with E-state index in [0.29, 0.717) is 11.6 Å². The third kappa shape index (κ3) is 2.77. The lowest BCUT2D eigenvalue weighted by atomic mass is 9.80. The van der Waals surface area contributed by atoms with Gasteiger partial charge in [0.15, 0.2) is 11.6 Å². The molecular weight excluding hydrogens is 278 g/mol. The fraction of sp³-hybridized carbons (Fsp3) is 0.533. The van der Waals surface area contributed by atoms with Crippen LogP contribution in [0.3, 0.4) is 0 Å². The molecule has 0 aromatic heterocycles. The van der Waals surface area contributed by atoms with Crippen molar-refractivity contribution in [3.05, 3.63) is 29.3 Å². The summed E-state index contributed by atoms with van der Waals surface area (Å²) in [6.07, 6.45) is 0.988. The van der Waals surface area contributed by atoms with Crippen LogP contribution >= 0.6 is 12.2 Å². The normalized spacial score (nSPS) is 19.4. The topological polar surface area (TPSA) is 29.3 Å². The van der Waals surface area contributed by atoms with E-state index in [0.717, 1.165) is 19.5 Å². The zero-order chi connectivity index (χ0) is 15.1. The van der Waals surface area contributed by atoms with Gasteiger partial charge in [0.2, 0.25) is 0 Å². The minimum Gasteiger partial charge on any atom is -0.389 e. The van der Waals surface area contributed by atoms with E-state index in [1.165, 1.54) is 6.07 Å². The van der Waals surface area contributed by atoms with E-state index in [1.807, 2.05) is 4.90 Å². The van der Waals surface area contributed by atoms with Crippen molar-refractivity contribution in [1.82, 2.24) is 0 Å². The van der Waals surface area contributed by atoms with Crippen molar-refractivity contribution in [2.24, 2.45) is 17.1 Å². The monoisotopic (exact) mass is 298 g/mol. The molecule has 5 heteroatoms. The molecule has 110 valence electrons. The molecule has 1 heterocycles. The summed E-state index contributed by atoms with van der Waals surface area (Å²) in [5, 5.41) is 0. The molecule has 2 nitrogen and oxygen atoms in total. The predicted octanol–water partition coefficient (Wildman–Crippen LogP) is 3.47. The second kappa shape index (κ2) is 5.28. The van der Waals surface area contributed by atoms with Crippen molar-refractivity contribution >= 4 is 22.9 Å². The van der Waals surface area contributed by atoms with Gasteiger partial charge in [-0.1, -0.05) is 33.0 Å². The molecule has 1 aliphatic heterocycles. The zero-order valence-electron chi connectivity index (χ0n) is 12.0. The summed E-state index contributed by atoms with van der Waals surface area (Å²) in [6.45, 7) is 8.01. The minimum atomic E-state index is -0.950. The molecule has 2 rings (SSSR count). The summed E-state index contributed by atoms with van der Waals surface area (Å²) < 4.78 is 28.1.